The van der Waals surface area contributed by atoms with Crippen LogP contribution < -0.4 is 10.1 Å². The Hall–Kier alpha value is -4.85. The fourth-order valence-corrected chi connectivity index (χ4v) is 4.36. The van der Waals surface area contributed by atoms with Crippen LogP contribution in [0.25, 0.3) is 11.1 Å². The van der Waals surface area contributed by atoms with Crippen molar-refractivity contribution in [1.82, 2.24) is 0 Å². The molecule has 0 fully saturated rings. The maximum atomic E-state index is 15.3. The van der Waals surface area contributed by atoms with Crippen molar-refractivity contribution in [1.29, 1.82) is 0 Å². The van der Waals surface area contributed by atoms with Gasteiger partial charge in [0.15, 0.2) is 0 Å². The Kier molecular flexibility index (Phi) is 9.94. The number of esters is 1. The van der Waals surface area contributed by atoms with E-state index in [0.29, 0.717) is 5.56 Å². The summed E-state index contributed by atoms with van der Waals surface area (Å²) < 4.78 is 64.8. The van der Waals surface area contributed by atoms with E-state index in [9.17, 15) is 27.9 Å². The maximum absolute atomic E-state index is 15.3. The van der Waals surface area contributed by atoms with Crippen molar-refractivity contribution in [3.05, 3.63) is 118 Å². The number of anilines is 1. The average Bonchev–Trinajstić information content (AvgIpc) is 2.99. The highest BCUT2D eigenvalue weighted by Gasteiger charge is 2.39. The number of ether oxygens (including phenoxy) is 2. The molecule has 4 aromatic carbocycles. The molecular formula is C33H24ClF4NO5. The minimum Gasteiger partial charge on any atom is -0.489 e. The van der Waals surface area contributed by atoms with Crippen LogP contribution in [0, 0.1) is 24.6 Å². The smallest absolute Gasteiger partial charge is 0.471 e. The summed E-state index contributed by atoms with van der Waals surface area (Å²) in [5.41, 5.74) is 1.28. The molecule has 0 aliphatic heterocycles. The molecule has 0 saturated carbocycles. The van der Waals surface area contributed by atoms with Crippen LogP contribution >= 0.6 is 11.6 Å². The number of halogens is 5. The summed E-state index contributed by atoms with van der Waals surface area (Å²) in [4.78, 5) is 23.8. The van der Waals surface area contributed by atoms with Crippen LogP contribution in [0.5, 0.6) is 5.75 Å². The molecule has 4 rings (SSSR count). The van der Waals surface area contributed by atoms with Crippen molar-refractivity contribution >= 4 is 29.2 Å². The van der Waals surface area contributed by atoms with Gasteiger partial charge in [0.1, 0.15) is 24.3 Å². The van der Waals surface area contributed by atoms with Crippen molar-refractivity contribution in [2.45, 2.75) is 25.8 Å². The van der Waals surface area contributed by atoms with Crippen LogP contribution in [-0.4, -0.2) is 30.3 Å². The van der Waals surface area contributed by atoms with Crippen molar-refractivity contribution in [3.8, 4) is 28.7 Å². The molecule has 0 radical (unpaired) electrons. The fourth-order valence-electron chi connectivity index (χ4n) is 4.09. The molecular weight excluding hydrogens is 602 g/mol. The maximum Gasteiger partial charge on any atom is 0.471 e. The lowest BCUT2D eigenvalue weighted by molar-refractivity contribution is -0.167. The number of carbonyl (C=O) groups excluding carboxylic acids is 2. The van der Waals surface area contributed by atoms with Crippen LogP contribution in [0.1, 0.15) is 38.7 Å². The Bertz CT molecular complexity index is 1760. The Morgan fingerprint density at radius 2 is 1.73 bits per heavy atom. The first-order chi connectivity index (χ1) is 20.9. The Morgan fingerprint density at radius 3 is 2.39 bits per heavy atom. The molecule has 44 heavy (non-hydrogen) atoms. The molecule has 0 saturated heterocycles. The quantitative estimate of drug-likeness (QED) is 0.127. The topological polar surface area (TPSA) is 84.9 Å². The molecule has 6 nitrogen and oxygen atoms in total. The zero-order chi connectivity index (χ0) is 32.0. The summed E-state index contributed by atoms with van der Waals surface area (Å²) in [5, 5.41) is 12.3. The van der Waals surface area contributed by atoms with E-state index in [1.807, 2.05) is 30.3 Å². The van der Waals surface area contributed by atoms with Crippen LogP contribution in [-0.2, 0) is 16.1 Å². The van der Waals surface area contributed by atoms with Crippen molar-refractivity contribution in [2.24, 2.45) is 0 Å². The SMILES string of the molecule is COC(=O)c1cc(C(O)C#Cc2cc(-c3ccc(OCc4ccccc4)cc3F)c(Cl)cc2NC(=O)C(F)(F)F)ccc1C. The molecule has 0 spiro atoms. The third kappa shape index (κ3) is 7.75. The largest absolute Gasteiger partial charge is 0.489 e. The van der Waals surface area contributed by atoms with Gasteiger partial charge in [-0.2, -0.15) is 13.2 Å². The predicted molar refractivity (Wildman–Crippen MR) is 157 cm³/mol. The van der Waals surface area contributed by atoms with Gasteiger partial charge in [-0.05, 0) is 53.9 Å². The zero-order valence-corrected chi connectivity index (χ0v) is 24.0. The monoisotopic (exact) mass is 625 g/mol. The van der Waals surface area contributed by atoms with E-state index < -0.39 is 35.7 Å². The molecule has 226 valence electrons. The van der Waals surface area contributed by atoms with Crippen LogP contribution in [0.3, 0.4) is 0 Å². The van der Waals surface area contributed by atoms with Crippen LogP contribution in [0.2, 0.25) is 5.02 Å². The van der Waals surface area contributed by atoms with Gasteiger partial charge in [0.2, 0.25) is 0 Å². The van der Waals surface area contributed by atoms with E-state index >= 15 is 4.39 Å². The summed E-state index contributed by atoms with van der Waals surface area (Å²) in [5.74, 6) is 1.61. The molecule has 0 heterocycles. The van der Waals surface area contributed by atoms with Gasteiger partial charge in [0.05, 0.1) is 23.4 Å². The summed E-state index contributed by atoms with van der Waals surface area (Å²) in [7, 11) is 1.20. The van der Waals surface area contributed by atoms with E-state index in [0.717, 1.165) is 17.7 Å². The molecule has 0 bridgehead atoms. The minimum absolute atomic E-state index is 0.0133. The Balaban J connectivity index is 1.71. The van der Waals surface area contributed by atoms with Gasteiger partial charge in [-0.1, -0.05) is 65.9 Å². The Morgan fingerprint density at radius 1 is 1.00 bits per heavy atom. The second-order valence-corrected chi connectivity index (χ2v) is 9.89. The molecule has 11 heteroatoms. The summed E-state index contributed by atoms with van der Waals surface area (Å²) in [6, 6.07) is 19.9. The highest BCUT2D eigenvalue weighted by molar-refractivity contribution is 6.33. The number of carbonyl (C=O) groups is 2. The number of methoxy groups -OCH3 is 1. The van der Waals surface area contributed by atoms with Gasteiger partial charge < -0.3 is 19.9 Å². The second-order valence-electron chi connectivity index (χ2n) is 9.48. The van der Waals surface area contributed by atoms with E-state index in [-0.39, 0.29) is 45.2 Å². The van der Waals surface area contributed by atoms with Gasteiger partial charge in [-0.25, -0.2) is 9.18 Å². The lowest BCUT2D eigenvalue weighted by atomic mass is 9.99. The van der Waals surface area contributed by atoms with Gasteiger partial charge in [0.25, 0.3) is 0 Å². The molecule has 1 unspecified atom stereocenters. The number of aliphatic hydroxyl groups excluding tert-OH is 1. The number of hydrogen-bond donors (Lipinski definition) is 2. The van der Waals surface area contributed by atoms with E-state index in [4.69, 9.17) is 21.1 Å². The third-order valence-corrected chi connectivity index (χ3v) is 6.73. The van der Waals surface area contributed by atoms with Gasteiger partial charge >= 0.3 is 18.1 Å². The van der Waals surface area contributed by atoms with Crippen molar-refractivity contribution < 1.29 is 41.7 Å². The first-order valence-electron chi connectivity index (χ1n) is 12.9. The van der Waals surface area contributed by atoms with Crippen LogP contribution in [0.4, 0.5) is 23.2 Å². The number of hydrogen-bond acceptors (Lipinski definition) is 5. The number of amides is 1. The van der Waals surface area contributed by atoms with Gasteiger partial charge in [-0.3, -0.25) is 4.79 Å². The number of rotatable bonds is 7. The molecule has 0 aliphatic rings. The number of aliphatic hydroxyl groups is 1. The zero-order valence-electron chi connectivity index (χ0n) is 23.3. The second kappa shape index (κ2) is 13.6. The van der Waals surface area contributed by atoms with E-state index in [1.54, 1.807) is 18.3 Å². The predicted octanol–water partition coefficient (Wildman–Crippen LogP) is 7.41. The molecule has 4 aromatic rings. The normalized spacial score (nSPS) is 11.6. The van der Waals surface area contributed by atoms with Crippen molar-refractivity contribution in [2.75, 3.05) is 12.4 Å². The van der Waals surface area contributed by atoms with E-state index in [2.05, 4.69) is 11.8 Å². The summed E-state index contributed by atoms with van der Waals surface area (Å²) >= 11 is 6.35. The summed E-state index contributed by atoms with van der Waals surface area (Å²) in [6.07, 6.45) is -6.72. The van der Waals surface area contributed by atoms with Gasteiger partial charge in [0, 0.05) is 22.8 Å². The van der Waals surface area contributed by atoms with Gasteiger partial charge in [-0.15, -0.1) is 0 Å². The molecule has 0 aliphatic carbocycles. The summed E-state index contributed by atoms with van der Waals surface area (Å²) in [6.45, 7) is 1.86. The first-order valence-corrected chi connectivity index (χ1v) is 13.3. The number of nitrogens with one attached hydrogen (secondary N) is 1. The highest BCUT2D eigenvalue weighted by Crippen LogP contribution is 2.36. The average molecular weight is 626 g/mol. The number of benzene rings is 4. The third-order valence-electron chi connectivity index (χ3n) is 6.42. The lowest BCUT2D eigenvalue weighted by Crippen LogP contribution is -2.30. The minimum atomic E-state index is -5.22. The highest BCUT2D eigenvalue weighted by atomic mass is 35.5. The standard InChI is InChI=1S/C33H24ClF4NO5/c1-19-8-9-22(15-25(19)31(41)43-2)30(40)13-10-21-14-26(27(34)17-29(21)39-32(42)33(36,37)38)24-12-11-23(16-28(24)35)44-18-20-6-4-3-5-7-20/h3-9,11-12,14-17,30,40H,18H2,1-2H3,(H,39,42). The molecule has 0 aromatic heterocycles. The Labute approximate surface area is 255 Å². The van der Waals surface area contributed by atoms with Crippen molar-refractivity contribution in [3.63, 3.8) is 0 Å². The fraction of sp³-hybridized carbons (Fsp3) is 0.152. The lowest BCUT2D eigenvalue weighted by Gasteiger charge is -2.14. The molecule has 1 amide bonds. The number of aryl methyl sites for hydroxylation is 1. The molecule has 1 atom stereocenters. The number of alkyl halides is 3. The molecule has 2 N–H and O–H groups in total. The van der Waals surface area contributed by atoms with E-state index in [1.165, 1.54) is 37.4 Å². The first kappa shape index (κ1) is 32.1. The van der Waals surface area contributed by atoms with Crippen LogP contribution in [0.15, 0.2) is 78.9 Å².